The van der Waals surface area contributed by atoms with Crippen LogP contribution in [0.25, 0.3) is 22.6 Å². The molecule has 12 nitrogen and oxygen atoms in total. The number of carboxylic acid groups (broad SMARTS) is 2. The van der Waals surface area contributed by atoms with Gasteiger partial charge in [0.25, 0.3) is 5.56 Å². The number of aliphatic carboxylic acids is 2. The first-order valence-electron chi connectivity index (χ1n) is 14.2. The van der Waals surface area contributed by atoms with Crippen LogP contribution in [-0.2, 0) is 16.1 Å². The van der Waals surface area contributed by atoms with E-state index in [1.54, 1.807) is 36.7 Å². The first-order valence-corrected chi connectivity index (χ1v) is 14.2. The van der Waals surface area contributed by atoms with Crippen molar-refractivity contribution in [3.8, 4) is 34.5 Å². The Balaban J connectivity index is 0.000000510. The third kappa shape index (κ3) is 9.94. The zero-order chi connectivity index (χ0) is 32.2. The molecule has 5 rings (SSSR count). The van der Waals surface area contributed by atoms with Gasteiger partial charge in [0.2, 0.25) is 0 Å². The van der Waals surface area contributed by atoms with E-state index in [2.05, 4.69) is 33.1 Å². The lowest BCUT2D eigenvalue weighted by molar-refractivity contribution is -0.134. The van der Waals surface area contributed by atoms with E-state index in [4.69, 9.17) is 14.9 Å². The minimum Gasteiger partial charge on any atom is -0.490 e. The number of nitrogens with zero attached hydrogens (tertiary/aromatic N) is 6. The molecule has 12 heteroatoms. The number of carboxylic acids is 2. The average Bonchev–Trinajstić information content (AvgIpc) is 3.05. The predicted octanol–water partition coefficient (Wildman–Crippen LogP) is 3.72. The van der Waals surface area contributed by atoms with E-state index in [-0.39, 0.29) is 5.56 Å². The van der Waals surface area contributed by atoms with E-state index in [0.717, 1.165) is 42.6 Å². The van der Waals surface area contributed by atoms with Crippen LogP contribution >= 0.6 is 0 Å². The standard InChI is InChI=1S/C29H28N6O2.C4H4O4/c1-34-12-10-21(11-13-34)20-37-26-17-31-29(32-18-26)25-7-3-5-23(15-25)19-35-28(36)9-8-27(33-35)24-6-2-4-22(14-24)16-30;5-3(6)1-2-4(7)8/h2-9,14-15,17-18,21H,10-13,19-20H2,1H3;1-2H,(H,5,6)(H,7,8)/b;2-1+. The molecule has 0 atom stereocenters. The van der Waals surface area contributed by atoms with Crippen LogP contribution in [0, 0.1) is 17.2 Å². The summed E-state index contributed by atoms with van der Waals surface area (Å²) >= 11 is 0. The lowest BCUT2D eigenvalue weighted by atomic mass is 9.98. The summed E-state index contributed by atoms with van der Waals surface area (Å²) in [7, 11) is 2.15. The number of hydrogen-bond donors (Lipinski definition) is 2. The largest absolute Gasteiger partial charge is 0.490 e. The van der Waals surface area contributed by atoms with Gasteiger partial charge >= 0.3 is 11.9 Å². The number of likely N-dealkylation sites (tertiary alicyclic amines) is 1. The Morgan fingerprint density at radius 3 is 2.31 bits per heavy atom. The highest BCUT2D eigenvalue weighted by Gasteiger charge is 2.17. The Morgan fingerprint density at radius 2 is 1.64 bits per heavy atom. The normalized spacial score (nSPS) is 13.4. The van der Waals surface area contributed by atoms with E-state index in [1.807, 2.05) is 30.3 Å². The Labute approximate surface area is 259 Å². The van der Waals surface area contributed by atoms with Crippen LogP contribution in [0.1, 0.15) is 24.0 Å². The van der Waals surface area contributed by atoms with Gasteiger partial charge in [0.15, 0.2) is 11.6 Å². The maximum Gasteiger partial charge on any atom is 0.328 e. The van der Waals surface area contributed by atoms with Gasteiger partial charge in [0.05, 0.1) is 42.9 Å². The number of hydrogen-bond acceptors (Lipinski definition) is 9. The highest BCUT2D eigenvalue weighted by Crippen LogP contribution is 2.21. The first-order chi connectivity index (χ1) is 21.7. The Bertz CT molecular complexity index is 1740. The molecule has 4 aromatic rings. The summed E-state index contributed by atoms with van der Waals surface area (Å²) in [5.41, 5.74) is 3.52. The second-order valence-electron chi connectivity index (χ2n) is 10.4. The molecule has 2 aromatic heterocycles. The van der Waals surface area contributed by atoms with Crippen molar-refractivity contribution in [2.45, 2.75) is 19.4 Å². The van der Waals surface area contributed by atoms with Crippen molar-refractivity contribution in [1.29, 1.82) is 5.26 Å². The monoisotopic (exact) mass is 608 g/mol. The van der Waals surface area contributed by atoms with Crippen LogP contribution < -0.4 is 10.3 Å². The SMILES string of the molecule is CN1CCC(COc2cnc(-c3cccc(Cn4nc(-c5cccc(C#N)c5)ccc4=O)c3)nc2)CC1.O=C(O)/C=C/C(=O)O. The van der Waals surface area contributed by atoms with Crippen molar-refractivity contribution in [2.24, 2.45) is 5.92 Å². The van der Waals surface area contributed by atoms with Crippen LogP contribution in [0.3, 0.4) is 0 Å². The second kappa shape index (κ2) is 15.7. The van der Waals surface area contributed by atoms with Crippen LogP contribution in [0.5, 0.6) is 5.75 Å². The molecule has 1 saturated heterocycles. The van der Waals surface area contributed by atoms with Gasteiger partial charge in [-0.2, -0.15) is 10.4 Å². The molecule has 0 spiro atoms. The van der Waals surface area contributed by atoms with Crippen LogP contribution in [0.2, 0.25) is 0 Å². The third-order valence-electron chi connectivity index (χ3n) is 6.99. The Hall–Kier alpha value is -5.67. The number of carbonyl (C=O) groups is 2. The van der Waals surface area contributed by atoms with Gasteiger partial charge in [-0.15, -0.1) is 0 Å². The first kappa shape index (κ1) is 32.2. The fraction of sp³-hybridized carbons (Fsp3) is 0.242. The van der Waals surface area contributed by atoms with Gasteiger partial charge in [-0.05, 0) is 68.7 Å². The van der Waals surface area contributed by atoms with Crippen molar-refractivity contribution < 1.29 is 24.5 Å². The van der Waals surface area contributed by atoms with Crippen molar-refractivity contribution in [1.82, 2.24) is 24.6 Å². The lowest BCUT2D eigenvalue weighted by Crippen LogP contribution is -2.32. The molecule has 0 aliphatic carbocycles. The quantitative estimate of drug-likeness (QED) is 0.265. The molecule has 230 valence electrons. The molecule has 1 aliphatic heterocycles. The molecular weight excluding hydrogens is 576 g/mol. The minimum atomic E-state index is -1.26. The molecular formula is C33H32N6O6. The number of ether oxygens (including phenoxy) is 1. The van der Waals surface area contributed by atoms with Crippen LogP contribution in [0.15, 0.2) is 90.0 Å². The summed E-state index contributed by atoms with van der Waals surface area (Å²) in [6, 6.07) is 20.3. The molecule has 0 saturated carbocycles. The van der Waals surface area contributed by atoms with Gasteiger partial charge in [-0.1, -0.05) is 30.3 Å². The molecule has 2 N–H and O–H groups in total. The number of benzene rings is 2. The van der Waals surface area contributed by atoms with Gasteiger partial charge in [-0.3, -0.25) is 4.79 Å². The Morgan fingerprint density at radius 1 is 0.978 bits per heavy atom. The zero-order valence-electron chi connectivity index (χ0n) is 24.6. The summed E-state index contributed by atoms with van der Waals surface area (Å²) in [6.07, 6.45) is 6.85. The van der Waals surface area contributed by atoms with Crippen molar-refractivity contribution in [2.75, 3.05) is 26.7 Å². The van der Waals surface area contributed by atoms with E-state index >= 15 is 0 Å². The summed E-state index contributed by atoms with van der Waals surface area (Å²) in [6.45, 7) is 3.21. The lowest BCUT2D eigenvalue weighted by Gasteiger charge is -2.28. The fourth-order valence-electron chi connectivity index (χ4n) is 4.57. The topological polar surface area (TPSA) is 172 Å². The van der Waals surface area contributed by atoms with Gasteiger partial charge in [0.1, 0.15) is 0 Å². The summed E-state index contributed by atoms with van der Waals surface area (Å²) in [4.78, 5) is 43.0. The van der Waals surface area contributed by atoms with Crippen molar-refractivity contribution in [3.05, 3.63) is 107 Å². The second-order valence-corrected chi connectivity index (χ2v) is 10.4. The average molecular weight is 609 g/mol. The summed E-state index contributed by atoms with van der Waals surface area (Å²) < 4.78 is 7.37. The fourth-order valence-corrected chi connectivity index (χ4v) is 4.57. The molecule has 45 heavy (non-hydrogen) atoms. The summed E-state index contributed by atoms with van der Waals surface area (Å²) in [5, 5.41) is 29.3. The molecule has 0 unspecified atom stereocenters. The van der Waals surface area contributed by atoms with Crippen molar-refractivity contribution in [3.63, 3.8) is 0 Å². The zero-order valence-corrected chi connectivity index (χ0v) is 24.6. The molecule has 0 bridgehead atoms. The predicted molar refractivity (Wildman–Crippen MR) is 165 cm³/mol. The number of nitriles is 1. The molecule has 1 fully saturated rings. The Kier molecular flexibility index (Phi) is 11.3. The third-order valence-corrected chi connectivity index (χ3v) is 6.99. The number of piperidine rings is 1. The minimum absolute atomic E-state index is 0.201. The highest BCUT2D eigenvalue weighted by atomic mass is 16.5. The molecule has 2 aromatic carbocycles. The van der Waals surface area contributed by atoms with Crippen LogP contribution in [-0.4, -0.2) is 73.5 Å². The smallest absolute Gasteiger partial charge is 0.328 e. The van der Waals surface area contributed by atoms with E-state index in [9.17, 15) is 19.6 Å². The molecule has 0 amide bonds. The molecule has 1 aliphatic rings. The number of aromatic nitrogens is 4. The van der Waals surface area contributed by atoms with Crippen molar-refractivity contribution >= 4 is 11.9 Å². The van der Waals surface area contributed by atoms with Gasteiger partial charge in [-0.25, -0.2) is 24.2 Å². The molecule has 3 heterocycles. The summed E-state index contributed by atoms with van der Waals surface area (Å²) in [5.74, 6) is -0.680. The highest BCUT2D eigenvalue weighted by molar-refractivity contribution is 5.89. The maximum atomic E-state index is 12.5. The molecule has 0 radical (unpaired) electrons. The van der Waals surface area contributed by atoms with E-state index in [0.29, 0.717) is 54.1 Å². The van der Waals surface area contributed by atoms with Gasteiger partial charge in [0, 0.05) is 29.3 Å². The van der Waals surface area contributed by atoms with E-state index < -0.39 is 11.9 Å². The van der Waals surface area contributed by atoms with Crippen LogP contribution in [0.4, 0.5) is 0 Å². The van der Waals surface area contributed by atoms with E-state index in [1.165, 1.54) is 10.7 Å². The number of rotatable bonds is 9. The maximum absolute atomic E-state index is 12.5. The van der Waals surface area contributed by atoms with Gasteiger partial charge < -0.3 is 19.8 Å².